The standard InChI is InChI=1S/C14H19ClN2O/c15-6-5-12-1-3-13(4-2-12)14(18)11-17-9-7-16-8-10-17/h1-4,16H,5-11H2. The van der Waals surface area contributed by atoms with Crippen molar-refractivity contribution in [3.63, 3.8) is 0 Å². The van der Waals surface area contributed by atoms with Gasteiger partial charge in [-0.2, -0.15) is 0 Å². The van der Waals surface area contributed by atoms with E-state index in [0.717, 1.165) is 38.2 Å². The van der Waals surface area contributed by atoms with Gasteiger partial charge in [-0.05, 0) is 12.0 Å². The Hall–Kier alpha value is -0.900. The topological polar surface area (TPSA) is 32.3 Å². The Morgan fingerprint density at radius 3 is 2.50 bits per heavy atom. The van der Waals surface area contributed by atoms with E-state index in [9.17, 15) is 4.79 Å². The second kappa shape index (κ2) is 6.88. The zero-order valence-corrected chi connectivity index (χ0v) is 11.2. The van der Waals surface area contributed by atoms with Gasteiger partial charge in [0.25, 0.3) is 0 Å². The van der Waals surface area contributed by atoms with Crippen molar-refractivity contribution in [1.82, 2.24) is 10.2 Å². The Morgan fingerprint density at radius 2 is 1.89 bits per heavy atom. The quantitative estimate of drug-likeness (QED) is 0.648. The van der Waals surface area contributed by atoms with E-state index in [1.165, 1.54) is 5.56 Å². The second-order valence-electron chi connectivity index (χ2n) is 4.59. The zero-order valence-electron chi connectivity index (χ0n) is 10.5. The number of aryl methyl sites for hydroxylation is 1. The minimum atomic E-state index is 0.203. The van der Waals surface area contributed by atoms with Crippen LogP contribution in [-0.4, -0.2) is 49.3 Å². The summed E-state index contributed by atoms with van der Waals surface area (Å²) in [5.74, 6) is 0.822. The summed E-state index contributed by atoms with van der Waals surface area (Å²) in [6.45, 7) is 4.38. The summed E-state index contributed by atoms with van der Waals surface area (Å²) in [5, 5.41) is 3.28. The van der Waals surface area contributed by atoms with Crippen LogP contribution >= 0.6 is 11.6 Å². The largest absolute Gasteiger partial charge is 0.314 e. The van der Waals surface area contributed by atoms with E-state index in [4.69, 9.17) is 11.6 Å². The number of hydrogen-bond acceptors (Lipinski definition) is 3. The number of piperazine rings is 1. The normalized spacial score (nSPS) is 16.7. The van der Waals surface area contributed by atoms with Crippen molar-refractivity contribution in [2.24, 2.45) is 0 Å². The number of halogens is 1. The summed E-state index contributed by atoms with van der Waals surface area (Å²) in [7, 11) is 0. The highest BCUT2D eigenvalue weighted by Gasteiger charge is 2.14. The van der Waals surface area contributed by atoms with Crippen LogP contribution in [0.1, 0.15) is 15.9 Å². The van der Waals surface area contributed by atoms with Gasteiger partial charge in [0.2, 0.25) is 0 Å². The predicted molar refractivity (Wildman–Crippen MR) is 74.5 cm³/mol. The van der Waals surface area contributed by atoms with Gasteiger partial charge in [-0.1, -0.05) is 24.3 Å². The van der Waals surface area contributed by atoms with Crippen LogP contribution in [0, 0.1) is 0 Å². The van der Waals surface area contributed by atoms with Gasteiger partial charge in [-0.15, -0.1) is 11.6 Å². The van der Waals surface area contributed by atoms with Crippen molar-refractivity contribution in [1.29, 1.82) is 0 Å². The molecule has 2 rings (SSSR count). The number of carbonyl (C=O) groups is 1. The molecular formula is C14H19ClN2O. The lowest BCUT2D eigenvalue weighted by atomic mass is 10.1. The molecule has 1 fully saturated rings. The van der Waals surface area contributed by atoms with Crippen LogP contribution in [0.3, 0.4) is 0 Å². The molecule has 1 heterocycles. The van der Waals surface area contributed by atoms with Crippen LogP contribution in [0.2, 0.25) is 0 Å². The lowest BCUT2D eigenvalue weighted by Crippen LogP contribution is -2.45. The zero-order chi connectivity index (χ0) is 12.8. The maximum atomic E-state index is 12.1. The third-order valence-corrected chi connectivity index (χ3v) is 3.42. The van der Waals surface area contributed by atoms with Crippen molar-refractivity contribution >= 4 is 17.4 Å². The monoisotopic (exact) mass is 266 g/mol. The number of carbonyl (C=O) groups excluding carboxylic acids is 1. The average Bonchev–Trinajstić information content (AvgIpc) is 2.41. The van der Waals surface area contributed by atoms with Crippen molar-refractivity contribution in [2.75, 3.05) is 38.6 Å². The van der Waals surface area contributed by atoms with Gasteiger partial charge in [-0.3, -0.25) is 9.69 Å². The molecule has 0 radical (unpaired) electrons. The summed E-state index contributed by atoms with van der Waals surface area (Å²) in [5.41, 5.74) is 1.98. The Morgan fingerprint density at radius 1 is 1.22 bits per heavy atom. The maximum Gasteiger partial charge on any atom is 0.176 e. The van der Waals surface area contributed by atoms with E-state index < -0.39 is 0 Å². The molecule has 4 heteroatoms. The van der Waals surface area contributed by atoms with Gasteiger partial charge in [0.15, 0.2) is 5.78 Å². The number of nitrogens with one attached hydrogen (secondary N) is 1. The molecule has 0 amide bonds. The lowest BCUT2D eigenvalue weighted by Gasteiger charge is -2.26. The highest BCUT2D eigenvalue weighted by Crippen LogP contribution is 2.08. The molecule has 0 saturated carbocycles. The minimum Gasteiger partial charge on any atom is -0.314 e. The summed E-state index contributed by atoms with van der Waals surface area (Å²) in [6.07, 6.45) is 0.855. The molecule has 18 heavy (non-hydrogen) atoms. The molecule has 0 spiro atoms. The first kappa shape index (κ1) is 13.5. The SMILES string of the molecule is O=C(CN1CCNCC1)c1ccc(CCCl)cc1. The fourth-order valence-corrected chi connectivity index (χ4v) is 2.35. The fraction of sp³-hybridized carbons (Fsp3) is 0.500. The Labute approximate surface area is 113 Å². The van der Waals surface area contributed by atoms with E-state index >= 15 is 0 Å². The summed E-state index contributed by atoms with van der Waals surface area (Å²) in [4.78, 5) is 14.3. The van der Waals surface area contributed by atoms with Crippen molar-refractivity contribution < 1.29 is 4.79 Å². The predicted octanol–water partition coefficient (Wildman–Crippen LogP) is 1.56. The van der Waals surface area contributed by atoms with E-state index in [2.05, 4.69) is 10.2 Å². The highest BCUT2D eigenvalue weighted by molar-refractivity contribution is 6.18. The van der Waals surface area contributed by atoms with Crippen LogP contribution in [0.15, 0.2) is 24.3 Å². The molecule has 1 aromatic rings. The summed E-state index contributed by atoms with van der Waals surface area (Å²) in [6, 6.07) is 7.81. The van der Waals surface area contributed by atoms with Crippen LogP contribution in [-0.2, 0) is 6.42 Å². The molecule has 0 aliphatic carbocycles. The fourth-order valence-electron chi connectivity index (χ4n) is 2.13. The molecule has 0 bridgehead atoms. The Kier molecular flexibility index (Phi) is 5.17. The summed E-state index contributed by atoms with van der Waals surface area (Å²) >= 11 is 5.69. The molecule has 1 N–H and O–H groups in total. The van der Waals surface area contributed by atoms with E-state index in [1.807, 2.05) is 24.3 Å². The third kappa shape index (κ3) is 3.80. The van der Waals surface area contributed by atoms with Gasteiger partial charge in [0.05, 0.1) is 6.54 Å². The summed E-state index contributed by atoms with van der Waals surface area (Å²) < 4.78 is 0. The van der Waals surface area contributed by atoms with Gasteiger partial charge in [0.1, 0.15) is 0 Å². The molecule has 3 nitrogen and oxygen atoms in total. The average molecular weight is 267 g/mol. The third-order valence-electron chi connectivity index (χ3n) is 3.24. The smallest absolute Gasteiger partial charge is 0.176 e. The number of nitrogens with zero attached hydrogens (tertiary/aromatic N) is 1. The maximum absolute atomic E-state index is 12.1. The molecule has 98 valence electrons. The van der Waals surface area contributed by atoms with E-state index in [-0.39, 0.29) is 5.78 Å². The highest BCUT2D eigenvalue weighted by atomic mass is 35.5. The first-order valence-electron chi connectivity index (χ1n) is 6.41. The number of ketones is 1. The van der Waals surface area contributed by atoms with E-state index in [0.29, 0.717) is 12.4 Å². The van der Waals surface area contributed by atoms with E-state index in [1.54, 1.807) is 0 Å². The first-order chi connectivity index (χ1) is 8.79. The first-order valence-corrected chi connectivity index (χ1v) is 6.94. The molecule has 0 atom stereocenters. The lowest BCUT2D eigenvalue weighted by molar-refractivity contribution is 0.0921. The van der Waals surface area contributed by atoms with Gasteiger partial charge in [-0.25, -0.2) is 0 Å². The molecule has 0 unspecified atom stereocenters. The van der Waals surface area contributed by atoms with Crippen LogP contribution < -0.4 is 5.32 Å². The van der Waals surface area contributed by atoms with Gasteiger partial charge >= 0.3 is 0 Å². The molecule has 1 aromatic carbocycles. The number of rotatable bonds is 5. The molecule has 0 aromatic heterocycles. The number of hydrogen-bond donors (Lipinski definition) is 1. The molecule has 1 aliphatic rings. The second-order valence-corrected chi connectivity index (χ2v) is 4.96. The molecule has 1 aliphatic heterocycles. The molecular weight excluding hydrogens is 248 g/mol. The number of benzene rings is 1. The Balaban J connectivity index is 1.91. The van der Waals surface area contributed by atoms with Crippen molar-refractivity contribution in [2.45, 2.75) is 6.42 Å². The molecule has 1 saturated heterocycles. The van der Waals surface area contributed by atoms with Crippen molar-refractivity contribution in [3.8, 4) is 0 Å². The van der Waals surface area contributed by atoms with Crippen LogP contribution in [0.4, 0.5) is 0 Å². The van der Waals surface area contributed by atoms with Gasteiger partial charge in [0, 0.05) is 37.6 Å². The Bertz CT molecular complexity index is 385. The van der Waals surface area contributed by atoms with Gasteiger partial charge < -0.3 is 5.32 Å². The van der Waals surface area contributed by atoms with Crippen LogP contribution in [0.25, 0.3) is 0 Å². The van der Waals surface area contributed by atoms with Crippen molar-refractivity contribution in [3.05, 3.63) is 35.4 Å². The minimum absolute atomic E-state index is 0.203. The van der Waals surface area contributed by atoms with Crippen LogP contribution in [0.5, 0.6) is 0 Å². The number of alkyl halides is 1. The number of Topliss-reactive ketones (excluding diaryl/α,β-unsaturated/α-hetero) is 1.